The molecule has 4 nitrogen and oxygen atoms in total. The fraction of sp³-hybridized carbons (Fsp3) is 0.385. The highest BCUT2D eigenvalue weighted by Crippen LogP contribution is 2.37. The van der Waals surface area contributed by atoms with E-state index in [4.69, 9.17) is 11.6 Å². The van der Waals surface area contributed by atoms with Gasteiger partial charge in [0, 0.05) is 11.6 Å². The van der Waals surface area contributed by atoms with E-state index < -0.39 is 5.54 Å². The average molecular weight is 437 g/mol. The number of hydrogen-bond acceptors (Lipinski definition) is 2. The summed E-state index contributed by atoms with van der Waals surface area (Å²) in [6.07, 6.45) is 18.2. The lowest BCUT2D eigenvalue weighted by molar-refractivity contribution is -0.123. The molecule has 1 aromatic rings. The predicted octanol–water partition coefficient (Wildman–Crippen LogP) is 6.22. The van der Waals surface area contributed by atoms with Gasteiger partial charge >= 0.3 is 6.03 Å². The molecule has 2 atom stereocenters. The number of carbonyl (C=O) groups excluding carboxylic acids is 2. The van der Waals surface area contributed by atoms with Crippen molar-refractivity contribution in [2.75, 3.05) is 11.4 Å². The van der Waals surface area contributed by atoms with Crippen LogP contribution in [0, 0.1) is 18.8 Å². The van der Waals surface area contributed by atoms with Crippen molar-refractivity contribution in [2.24, 2.45) is 11.8 Å². The number of anilines is 1. The SMILES string of the molecule is Cc1cc(Cl)ccc1N1C(=O)N(CC2=CC=CCC2CC2C=CC=CC2)C(C)(C)C1=O. The van der Waals surface area contributed by atoms with Crippen molar-refractivity contribution in [3.63, 3.8) is 0 Å². The molecule has 1 fully saturated rings. The zero-order valence-corrected chi connectivity index (χ0v) is 19.1. The van der Waals surface area contributed by atoms with Gasteiger partial charge in [-0.3, -0.25) is 4.79 Å². The van der Waals surface area contributed by atoms with Crippen LogP contribution < -0.4 is 4.90 Å². The lowest BCUT2D eigenvalue weighted by Crippen LogP contribution is -2.45. The van der Waals surface area contributed by atoms with E-state index >= 15 is 0 Å². The van der Waals surface area contributed by atoms with Crippen molar-refractivity contribution in [3.8, 4) is 0 Å². The zero-order valence-electron chi connectivity index (χ0n) is 18.3. The van der Waals surface area contributed by atoms with Crippen LogP contribution in [0.25, 0.3) is 0 Å². The second-order valence-electron chi connectivity index (χ2n) is 9.15. The molecular formula is C26H29ClN2O2. The molecule has 31 heavy (non-hydrogen) atoms. The van der Waals surface area contributed by atoms with E-state index in [1.807, 2.05) is 20.8 Å². The summed E-state index contributed by atoms with van der Waals surface area (Å²) in [5.74, 6) is 0.685. The molecule has 1 saturated heterocycles. The third kappa shape index (κ3) is 4.14. The van der Waals surface area contributed by atoms with Gasteiger partial charge in [0.25, 0.3) is 5.91 Å². The molecule has 0 spiro atoms. The van der Waals surface area contributed by atoms with Crippen LogP contribution in [0.4, 0.5) is 10.5 Å². The van der Waals surface area contributed by atoms with Crippen molar-refractivity contribution in [2.45, 2.75) is 45.6 Å². The maximum absolute atomic E-state index is 13.5. The molecule has 1 heterocycles. The Labute approximate surface area is 189 Å². The molecule has 0 N–H and O–H groups in total. The maximum Gasteiger partial charge on any atom is 0.332 e. The number of amides is 3. The van der Waals surface area contributed by atoms with Crippen LogP contribution in [-0.2, 0) is 4.79 Å². The minimum atomic E-state index is -0.914. The van der Waals surface area contributed by atoms with Crippen LogP contribution in [0.15, 0.2) is 66.3 Å². The summed E-state index contributed by atoms with van der Waals surface area (Å²) in [6, 6.07) is 4.98. The Bertz CT molecular complexity index is 1020. The minimum Gasteiger partial charge on any atom is -0.306 e. The lowest BCUT2D eigenvalue weighted by Gasteiger charge is -2.33. The number of nitrogens with zero attached hydrogens (tertiary/aromatic N) is 2. The number of imide groups is 1. The number of carbonyl (C=O) groups is 2. The molecular weight excluding hydrogens is 408 g/mol. The van der Waals surface area contributed by atoms with Gasteiger partial charge in [-0.1, -0.05) is 54.1 Å². The number of halogens is 1. The molecule has 2 aliphatic carbocycles. The Balaban J connectivity index is 1.58. The third-order valence-corrected chi connectivity index (χ3v) is 6.85. The topological polar surface area (TPSA) is 40.6 Å². The Hall–Kier alpha value is -2.59. The second-order valence-corrected chi connectivity index (χ2v) is 9.58. The highest BCUT2D eigenvalue weighted by Gasteiger charge is 2.52. The van der Waals surface area contributed by atoms with Crippen LogP contribution in [0.5, 0.6) is 0 Å². The Morgan fingerprint density at radius 3 is 2.58 bits per heavy atom. The number of benzene rings is 1. The van der Waals surface area contributed by atoms with Gasteiger partial charge in [-0.2, -0.15) is 0 Å². The first kappa shape index (κ1) is 21.6. The number of aryl methyl sites for hydroxylation is 1. The molecule has 5 heteroatoms. The summed E-state index contributed by atoms with van der Waals surface area (Å²) < 4.78 is 0. The molecule has 0 bridgehead atoms. The molecule has 1 aromatic carbocycles. The summed E-state index contributed by atoms with van der Waals surface area (Å²) >= 11 is 6.08. The van der Waals surface area contributed by atoms with Crippen LogP contribution in [0.3, 0.4) is 0 Å². The molecule has 3 aliphatic rings. The fourth-order valence-corrected chi connectivity index (χ4v) is 4.92. The van der Waals surface area contributed by atoms with E-state index in [1.54, 1.807) is 23.1 Å². The van der Waals surface area contributed by atoms with Gasteiger partial charge in [-0.25, -0.2) is 9.69 Å². The Morgan fingerprint density at radius 2 is 1.87 bits per heavy atom. The van der Waals surface area contributed by atoms with Crippen LogP contribution >= 0.6 is 11.6 Å². The largest absolute Gasteiger partial charge is 0.332 e. The highest BCUT2D eigenvalue weighted by molar-refractivity contribution is 6.31. The monoisotopic (exact) mass is 436 g/mol. The van der Waals surface area contributed by atoms with E-state index in [0.29, 0.717) is 29.1 Å². The first-order valence-electron chi connectivity index (χ1n) is 10.9. The number of hydrogen-bond donors (Lipinski definition) is 0. The Kier molecular flexibility index (Phi) is 5.94. The van der Waals surface area contributed by atoms with Crippen molar-refractivity contribution in [1.82, 2.24) is 4.90 Å². The van der Waals surface area contributed by atoms with Crippen LogP contribution in [0.1, 0.15) is 38.7 Å². The van der Waals surface area contributed by atoms with E-state index in [-0.39, 0.29) is 11.9 Å². The van der Waals surface area contributed by atoms with Gasteiger partial charge in [0.05, 0.1) is 5.69 Å². The third-order valence-electron chi connectivity index (χ3n) is 6.61. The van der Waals surface area contributed by atoms with Crippen molar-refractivity contribution in [1.29, 1.82) is 0 Å². The Morgan fingerprint density at radius 1 is 1.10 bits per heavy atom. The molecule has 3 amide bonds. The van der Waals surface area contributed by atoms with Gasteiger partial charge in [0.1, 0.15) is 5.54 Å². The summed E-state index contributed by atoms with van der Waals surface area (Å²) in [7, 11) is 0. The fourth-order valence-electron chi connectivity index (χ4n) is 4.69. The number of rotatable bonds is 5. The first-order valence-corrected chi connectivity index (χ1v) is 11.3. The maximum atomic E-state index is 13.5. The van der Waals surface area contributed by atoms with Gasteiger partial charge in [0.2, 0.25) is 0 Å². The number of allylic oxidation sites excluding steroid dienone is 7. The van der Waals surface area contributed by atoms with E-state index in [9.17, 15) is 9.59 Å². The van der Waals surface area contributed by atoms with Crippen LogP contribution in [-0.4, -0.2) is 28.9 Å². The molecule has 2 unspecified atom stereocenters. The molecule has 4 rings (SSSR count). The molecule has 0 aromatic heterocycles. The van der Waals surface area contributed by atoms with Gasteiger partial charge in [0.15, 0.2) is 0 Å². The lowest BCUT2D eigenvalue weighted by atomic mass is 9.81. The predicted molar refractivity (Wildman–Crippen MR) is 126 cm³/mol. The highest BCUT2D eigenvalue weighted by atomic mass is 35.5. The van der Waals surface area contributed by atoms with Gasteiger partial charge < -0.3 is 4.90 Å². The van der Waals surface area contributed by atoms with Crippen LogP contribution in [0.2, 0.25) is 5.02 Å². The quantitative estimate of drug-likeness (QED) is 0.514. The van der Waals surface area contributed by atoms with Gasteiger partial charge in [-0.15, -0.1) is 0 Å². The minimum absolute atomic E-state index is 0.202. The zero-order chi connectivity index (χ0) is 22.2. The molecule has 0 radical (unpaired) electrons. The van der Waals surface area contributed by atoms with Crippen molar-refractivity contribution < 1.29 is 9.59 Å². The molecule has 1 aliphatic heterocycles. The molecule has 162 valence electrons. The summed E-state index contributed by atoms with van der Waals surface area (Å²) in [5.41, 5.74) is 1.71. The van der Waals surface area contributed by atoms with E-state index in [1.165, 1.54) is 10.5 Å². The summed E-state index contributed by atoms with van der Waals surface area (Å²) in [5, 5.41) is 0.588. The van der Waals surface area contributed by atoms with Crippen molar-refractivity contribution in [3.05, 3.63) is 76.9 Å². The summed E-state index contributed by atoms with van der Waals surface area (Å²) in [6.45, 7) is 6.00. The summed E-state index contributed by atoms with van der Waals surface area (Å²) in [4.78, 5) is 29.8. The second kappa shape index (κ2) is 8.51. The smallest absolute Gasteiger partial charge is 0.306 e. The standard InChI is InChI=1S/C26H29ClN2O2/c1-18-15-22(27)13-14-23(18)29-24(30)26(2,3)28(25(29)31)17-21-12-8-7-11-20(21)16-19-9-5-4-6-10-19/h4-9,12-15,19-20H,10-11,16-17H2,1-3H3. The van der Waals surface area contributed by atoms with E-state index in [2.05, 4.69) is 42.5 Å². The van der Waals surface area contributed by atoms with E-state index in [0.717, 1.165) is 24.8 Å². The van der Waals surface area contributed by atoms with Crippen molar-refractivity contribution >= 4 is 29.2 Å². The average Bonchev–Trinajstić information content (AvgIpc) is 2.90. The number of urea groups is 1. The first-order chi connectivity index (χ1) is 14.8. The normalized spacial score (nSPS) is 24.8. The molecule has 0 saturated carbocycles. The van der Waals surface area contributed by atoms with Gasteiger partial charge in [-0.05, 0) is 81.2 Å².